The minimum absolute atomic E-state index is 0.0247. The van der Waals surface area contributed by atoms with Gasteiger partial charge < -0.3 is 10.6 Å². The van der Waals surface area contributed by atoms with E-state index in [9.17, 15) is 13.6 Å². The summed E-state index contributed by atoms with van der Waals surface area (Å²) in [4.78, 5) is 20.5. The zero-order chi connectivity index (χ0) is 18.7. The third kappa shape index (κ3) is 3.94. The first-order chi connectivity index (χ1) is 12.4. The van der Waals surface area contributed by atoms with Gasteiger partial charge in [0.1, 0.15) is 23.0 Å². The number of carbonyl (C=O) groups is 1. The Bertz CT molecular complexity index is 961. The largest absolute Gasteiger partial charge is 0.319 e. The molecule has 8 heteroatoms. The highest BCUT2D eigenvalue weighted by molar-refractivity contribution is 6.33. The number of benzene rings is 2. The average molecular weight is 375 g/mol. The second-order valence-corrected chi connectivity index (χ2v) is 5.78. The molecule has 0 aliphatic heterocycles. The number of para-hydroxylation sites is 2. The summed E-state index contributed by atoms with van der Waals surface area (Å²) in [6.45, 7) is 1.64. The fourth-order valence-corrected chi connectivity index (χ4v) is 2.40. The molecular weight excluding hydrogens is 362 g/mol. The first kappa shape index (κ1) is 17.8. The maximum absolute atomic E-state index is 13.8. The standard InChI is InChI=1S/C18H13ClF2N4O/c1-10-9-15(17(26)23-14-8-3-2-5-11(14)19)24-18(22-10)25-16-12(20)6-4-7-13(16)21/h2-9H,1H3,(H,23,26)(H,22,24,25). The molecule has 0 fully saturated rings. The minimum Gasteiger partial charge on any atom is -0.319 e. The quantitative estimate of drug-likeness (QED) is 0.694. The van der Waals surface area contributed by atoms with E-state index in [1.807, 2.05) is 0 Å². The number of aryl methyl sites for hydroxylation is 1. The lowest BCUT2D eigenvalue weighted by Crippen LogP contribution is -2.16. The summed E-state index contributed by atoms with van der Waals surface area (Å²) < 4.78 is 27.6. The van der Waals surface area contributed by atoms with Crippen LogP contribution in [0.5, 0.6) is 0 Å². The van der Waals surface area contributed by atoms with E-state index in [1.54, 1.807) is 31.2 Å². The van der Waals surface area contributed by atoms with E-state index in [1.165, 1.54) is 12.1 Å². The summed E-state index contributed by atoms with van der Waals surface area (Å²) >= 11 is 6.02. The predicted molar refractivity (Wildman–Crippen MR) is 95.8 cm³/mol. The van der Waals surface area contributed by atoms with E-state index in [0.717, 1.165) is 12.1 Å². The van der Waals surface area contributed by atoms with Crippen molar-refractivity contribution in [2.45, 2.75) is 6.92 Å². The topological polar surface area (TPSA) is 66.9 Å². The number of halogens is 3. The molecule has 2 N–H and O–H groups in total. The predicted octanol–water partition coefficient (Wildman–Crippen LogP) is 4.71. The van der Waals surface area contributed by atoms with Gasteiger partial charge in [-0.25, -0.2) is 18.7 Å². The lowest BCUT2D eigenvalue weighted by molar-refractivity contribution is 0.102. The summed E-state index contributed by atoms with van der Waals surface area (Å²) in [6.07, 6.45) is 0. The third-order valence-corrected chi connectivity index (χ3v) is 3.74. The van der Waals surface area contributed by atoms with Crippen molar-refractivity contribution in [3.05, 3.63) is 76.6 Å². The summed E-state index contributed by atoms with van der Waals surface area (Å²) in [5.41, 5.74) is 0.501. The van der Waals surface area contributed by atoms with Crippen LogP contribution in [-0.2, 0) is 0 Å². The molecule has 0 atom stereocenters. The molecule has 0 saturated carbocycles. The lowest BCUT2D eigenvalue weighted by atomic mass is 10.2. The van der Waals surface area contributed by atoms with Crippen molar-refractivity contribution in [2.75, 3.05) is 10.6 Å². The van der Waals surface area contributed by atoms with E-state index in [4.69, 9.17) is 11.6 Å². The van der Waals surface area contributed by atoms with Crippen LogP contribution < -0.4 is 10.6 Å². The van der Waals surface area contributed by atoms with Gasteiger partial charge in [-0.15, -0.1) is 0 Å². The van der Waals surface area contributed by atoms with E-state index >= 15 is 0 Å². The Morgan fingerprint density at radius 2 is 1.73 bits per heavy atom. The summed E-state index contributed by atoms with van der Waals surface area (Å²) in [5, 5.41) is 5.48. The van der Waals surface area contributed by atoms with Gasteiger partial charge >= 0.3 is 0 Å². The van der Waals surface area contributed by atoms with Gasteiger partial charge in [-0.1, -0.05) is 29.8 Å². The van der Waals surface area contributed by atoms with Gasteiger partial charge in [0, 0.05) is 5.69 Å². The highest BCUT2D eigenvalue weighted by atomic mass is 35.5. The van der Waals surface area contributed by atoms with Crippen LogP contribution in [0, 0.1) is 18.6 Å². The van der Waals surface area contributed by atoms with Crippen LogP contribution in [0.1, 0.15) is 16.2 Å². The van der Waals surface area contributed by atoms with Gasteiger partial charge in [-0.2, -0.15) is 0 Å². The van der Waals surface area contributed by atoms with Gasteiger partial charge in [0.15, 0.2) is 0 Å². The normalized spacial score (nSPS) is 10.5. The molecule has 3 rings (SSSR count). The van der Waals surface area contributed by atoms with Crippen molar-refractivity contribution < 1.29 is 13.6 Å². The Morgan fingerprint density at radius 3 is 2.42 bits per heavy atom. The molecule has 1 heterocycles. The van der Waals surface area contributed by atoms with Crippen LogP contribution >= 0.6 is 11.6 Å². The molecule has 0 spiro atoms. The van der Waals surface area contributed by atoms with Crippen LogP contribution in [0.2, 0.25) is 5.02 Å². The second kappa shape index (κ2) is 7.45. The number of rotatable bonds is 4. The van der Waals surface area contributed by atoms with Crippen LogP contribution in [-0.4, -0.2) is 15.9 Å². The maximum Gasteiger partial charge on any atom is 0.274 e. The van der Waals surface area contributed by atoms with E-state index < -0.39 is 23.2 Å². The molecule has 0 aliphatic carbocycles. The highest BCUT2D eigenvalue weighted by Crippen LogP contribution is 2.23. The molecule has 132 valence electrons. The fourth-order valence-electron chi connectivity index (χ4n) is 2.22. The van der Waals surface area contributed by atoms with Gasteiger partial charge in [0.25, 0.3) is 5.91 Å². The van der Waals surface area contributed by atoms with E-state index in [0.29, 0.717) is 16.4 Å². The monoisotopic (exact) mass is 374 g/mol. The van der Waals surface area contributed by atoms with Gasteiger partial charge in [0.05, 0.1) is 10.7 Å². The molecule has 0 radical (unpaired) electrons. The number of amides is 1. The Morgan fingerprint density at radius 1 is 1.04 bits per heavy atom. The lowest BCUT2D eigenvalue weighted by Gasteiger charge is -2.10. The molecule has 1 amide bonds. The molecule has 0 saturated heterocycles. The molecule has 3 aromatic rings. The van der Waals surface area contributed by atoms with Gasteiger partial charge in [0.2, 0.25) is 5.95 Å². The van der Waals surface area contributed by atoms with Crippen LogP contribution in [0.25, 0.3) is 0 Å². The number of carbonyl (C=O) groups excluding carboxylic acids is 1. The minimum atomic E-state index is -0.794. The van der Waals surface area contributed by atoms with E-state index in [-0.39, 0.29) is 11.6 Å². The van der Waals surface area contributed by atoms with Crippen molar-refractivity contribution in [2.24, 2.45) is 0 Å². The maximum atomic E-state index is 13.8. The van der Waals surface area contributed by atoms with E-state index in [2.05, 4.69) is 20.6 Å². The number of hydrogen-bond acceptors (Lipinski definition) is 4. The second-order valence-electron chi connectivity index (χ2n) is 5.37. The third-order valence-electron chi connectivity index (χ3n) is 3.41. The molecule has 5 nitrogen and oxygen atoms in total. The van der Waals surface area contributed by atoms with Crippen molar-refractivity contribution in [1.29, 1.82) is 0 Å². The molecule has 0 unspecified atom stereocenters. The Kier molecular flexibility index (Phi) is 5.09. The SMILES string of the molecule is Cc1cc(C(=O)Nc2ccccc2Cl)nc(Nc2c(F)cccc2F)n1. The number of nitrogens with one attached hydrogen (secondary N) is 2. The van der Waals surface area contributed by atoms with Crippen LogP contribution in [0.4, 0.5) is 26.1 Å². The molecule has 1 aromatic heterocycles. The number of aromatic nitrogens is 2. The zero-order valence-electron chi connectivity index (χ0n) is 13.6. The Labute approximate surface area is 153 Å². The van der Waals surface area contributed by atoms with Crippen molar-refractivity contribution in [1.82, 2.24) is 9.97 Å². The molecule has 2 aromatic carbocycles. The molecular formula is C18H13ClF2N4O. The van der Waals surface area contributed by atoms with Gasteiger partial charge in [-0.05, 0) is 37.3 Å². The summed E-state index contributed by atoms with van der Waals surface area (Å²) in [7, 11) is 0. The smallest absolute Gasteiger partial charge is 0.274 e. The van der Waals surface area contributed by atoms with Crippen molar-refractivity contribution in [3.8, 4) is 0 Å². The van der Waals surface area contributed by atoms with Crippen molar-refractivity contribution >= 4 is 34.8 Å². The van der Waals surface area contributed by atoms with Crippen molar-refractivity contribution in [3.63, 3.8) is 0 Å². The summed E-state index contributed by atoms with van der Waals surface area (Å²) in [6, 6.07) is 11.6. The highest BCUT2D eigenvalue weighted by Gasteiger charge is 2.15. The number of anilines is 3. The number of hydrogen-bond donors (Lipinski definition) is 2. The molecule has 0 aliphatic rings. The molecule has 26 heavy (non-hydrogen) atoms. The van der Waals surface area contributed by atoms with Crippen LogP contribution in [0.3, 0.4) is 0 Å². The number of nitrogens with zero attached hydrogens (tertiary/aromatic N) is 2. The Balaban J connectivity index is 1.88. The first-order valence-electron chi connectivity index (χ1n) is 7.56. The first-order valence-corrected chi connectivity index (χ1v) is 7.94. The fraction of sp³-hybridized carbons (Fsp3) is 0.0556. The molecule has 0 bridgehead atoms. The van der Waals surface area contributed by atoms with Crippen LogP contribution in [0.15, 0.2) is 48.5 Å². The zero-order valence-corrected chi connectivity index (χ0v) is 14.3. The Hall–Kier alpha value is -3.06. The average Bonchev–Trinajstić information content (AvgIpc) is 2.60. The van der Waals surface area contributed by atoms with Gasteiger partial charge in [-0.3, -0.25) is 4.79 Å². The summed E-state index contributed by atoms with van der Waals surface area (Å²) in [5.74, 6) is -2.21.